The number of nitrogens with zero attached hydrogens (tertiary/aromatic N) is 1. The summed E-state index contributed by atoms with van der Waals surface area (Å²) in [7, 11) is 0. The van der Waals surface area contributed by atoms with Crippen molar-refractivity contribution in [3.63, 3.8) is 0 Å². The number of nitrogens with two attached hydrogens (primary N) is 1. The highest BCUT2D eigenvalue weighted by atomic mass is 32.1. The maximum absolute atomic E-state index is 7.18. The van der Waals surface area contributed by atoms with Gasteiger partial charge in [0.2, 0.25) is 0 Å². The molecular weight excluding hydrogens is 170 g/mol. The highest BCUT2D eigenvalue weighted by Gasteiger charge is 2.05. The van der Waals surface area contributed by atoms with E-state index in [2.05, 4.69) is 18.8 Å². The third-order valence-corrected chi connectivity index (χ3v) is 2.45. The monoisotopic (exact) mass is 183 g/mol. The highest BCUT2D eigenvalue weighted by Crippen LogP contribution is 2.15. The van der Waals surface area contributed by atoms with Crippen molar-refractivity contribution < 1.29 is 0 Å². The lowest BCUT2D eigenvalue weighted by molar-refractivity contribution is 0.644. The number of hydrogen-bond acceptors (Lipinski definition) is 3. The van der Waals surface area contributed by atoms with Crippen molar-refractivity contribution in [3.8, 4) is 0 Å². The first-order valence-corrected chi connectivity index (χ1v) is 4.70. The van der Waals surface area contributed by atoms with Crippen molar-refractivity contribution in [2.75, 3.05) is 0 Å². The zero-order chi connectivity index (χ0) is 9.14. The number of aromatic nitrogens is 1. The third kappa shape index (κ3) is 2.30. The molecule has 0 bridgehead atoms. The number of thiazole rings is 1. The predicted octanol–water partition coefficient (Wildman–Crippen LogP) is 1.63. The van der Waals surface area contributed by atoms with Crippen molar-refractivity contribution in [2.24, 2.45) is 11.7 Å². The molecule has 0 amide bonds. The van der Waals surface area contributed by atoms with Crippen molar-refractivity contribution in [1.29, 1.82) is 5.41 Å². The Hall–Kier alpha value is -0.900. The van der Waals surface area contributed by atoms with E-state index in [1.807, 2.05) is 0 Å². The molecule has 0 unspecified atom stereocenters. The molecule has 66 valence electrons. The number of amidine groups is 1. The standard InChI is InChI=1S/C8H13N3S/c1-5(2)3-7-11-4-6(12-7)8(9)10/h4-5H,3H2,1-2H3,(H3,9,10). The first kappa shape index (κ1) is 9.19. The Morgan fingerprint density at radius 2 is 2.42 bits per heavy atom. The summed E-state index contributed by atoms with van der Waals surface area (Å²) < 4.78 is 0. The zero-order valence-corrected chi connectivity index (χ0v) is 8.11. The molecule has 1 aromatic rings. The second kappa shape index (κ2) is 3.67. The molecule has 0 aromatic carbocycles. The van der Waals surface area contributed by atoms with Crippen LogP contribution in [-0.2, 0) is 6.42 Å². The topological polar surface area (TPSA) is 62.8 Å². The quantitative estimate of drug-likeness (QED) is 0.552. The fourth-order valence-electron chi connectivity index (χ4n) is 0.878. The molecule has 3 nitrogen and oxygen atoms in total. The molecule has 0 saturated heterocycles. The normalized spacial score (nSPS) is 10.6. The minimum Gasteiger partial charge on any atom is -0.383 e. The summed E-state index contributed by atoms with van der Waals surface area (Å²) in [5.41, 5.74) is 5.31. The zero-order valence-electron chi connectivity index (χ0n) is 7.29. The van der Waals surface area contributed by atoms with Gasteiger partial charge in [-0.2, -0.15) is 0 Å². The second-order valence-corrected chi connectivity index (χ2v) is 4.25. The van der Waals surface area contributed by atoms with Crippen LogP contribution in [0.25, 0.3) is 0 Å². The van der Waals surface area contributed by atoms with Gasteiger partial charge >= 0.3 is 0 Å². The van der Waals surface area contributed by atoms with Gasteiger partial charge in [-0.25, -0.2) is 4.98 Å². The van der Waals surface area contributed by atoms with Crippen molar-refractivity contribution in [2.45, 2.75) is 20.3 Å². The van der Waals surface area contributed by atoms with Crippen LogP contribution in [0.4, 0.5) is 0 Å². The Bertz CT molecular complexity index is 278. The Balaban J connectivity index is 2.71. The van der Waals surface area contributed by atoms with Gasteiger partial charge in [0, 0.05) is 12.6 Å². The summed E-state index contributed by atoms with van der Waals surface area (Å²) in [5.74, 6) is 0.721. The first-order valence-electron chi connectivity index (χ1n) is 3.88. The van der Waals surface area contributed by atoms with Crippen LogP contribution in [-0.4, -0.2) is 10.8 Å². The van der Waals surface area contributed by atoms with Gasteiger partial charge in [0.1, 0.15) is 5.84 Å². The number of nitrogen functional groups attached to an aromatic ring is 1. The van der Waals surface area contributed by atoms with Gasteiger partial charge in [0.15, 0.2) is 0 Å². The Morgan fingerprint density at radius 3 is 2.83 bits per heavy atom. The summed E-state index contributed by atoms with van der Waals surface area (Å²) >= 11 is 1.51. The van der Waals surface area contributed by atoms with Crippen molar-refractivity contribution >= 4 is 17.2 Å². The van der Waals surface area contributed by atoms with Crippen LogP contribution in [0.15, 0.2) is 6.20 Å². The lowest BCUT2D eigenvalue weighted by Crippen LogP contribution is -2.08. The lowest BCUT2D eigenvalue weighted by atomic mass is 10.1. The van der Waals surface area contributed by atoms with Crippen LogP contribution in [0, 0.1) is 11.3 Å². The minimum absolute atomic E-state index is 0.113. The van der Waals surface area contributed by atoms with E-state index < -0.39 is 0 Å². The first-order chi connectivity index (χ1) is 5.59. The van der Waals surface area contributed by atoms with Crippen molar-refractivity contribution in [1.82, 2.24) is 4.98 Å². The molecule has 0 spiro atoms. The van der Waals surface area contributed by atoms with Crippen LogP contribution >= 0.6 is 11.3 Å². The highest BCUT2D eigenvalue weighted by molar-refractivity contribution is 7.13. The molecule has 1 rings (SSSR count). The molecule has 0 aliphatic rings. The summed E-state index contributed by atoms with van der Waals surface area (Å²) in [4.78, 5) is 4.94. The Kier molecular flexibility index (Phi) is 2.81. The largest absolute Gasteiger partial charge is 0.383 e. The van der Waals surface area contributed by atoms with Crippen LogP contribution in [0.2, 0.25) is 0 Å². The van der Waals surface area contributed by atoms with Crippen LogP contribution < -0.4 is 5.73 Å². The molecule has 0 fully saturated rings. The van der Waals surface area contributed by atoms with Gasteiger partial charge in [0.05, 0.1) is 9.88 Å². The molecule has 0 atom stereocenters. The SMILES string of the molecule is CC(C)Cc1ncc(C(=N)N)s1. The van der Waals surface area contributed by atoms with Crippen LogP contribution in [0.3, 0.4) is 0 Å². The number of rotatable bonds is 3. The molecule has 0 aliphatic carbocycles. The molecule has 0 aliphatic heterocycles. The smallest absolute Gasteiger partial charge is 0.134 e. The second-order valence-electron chi connectivity index (χ2n) is 3.13. The predicted molar refractivity (Wildman–Crippen MR) is 51.7 cm³/mol. The Labute approximate surface area is 76.1 Å². The van der Waals surface area contributed by atoms with Gasteiger partial charge < -0.3 is 5.73 Å². The number of hydrogen-bond donors (Lipinski definition) is 2. The molecule has 4 heteroatoms. The molecule has 1 heterocycles. The third-order valence-electron chi connectivity index (χ3n) is 1.40. The average molecular weight is 183 g/mol. The van der Waals surface area contributed by atoms with Gasteiger partial charge in [-0.05, 0) is 5.92 Å². The van der Waals surface area contributed by atoms with Crippen molar-refractivity contribution in [3.05, 3.63) is 16.1 Å². The maximum Gasteiger partial charge on any atom is 0.134 e. The molecule has 1 aromatic heterocycles. The summed E-state index contributed by atoms with van der Waals surface area (Å²) in [5, 5.41) is 8.24. The van der Waals surface area contributed by atoms with E-state index in [0.29, 0.717) is 5.92 Å². The average Bonchev–Trinajstić information content (AvgIpc) is 2.34. The number of nitrogens with one attached hydrogen (secondary N) is 1. The van der Waals surface area contributed by atoms with Gasteiger partial charge in [-0.15, -0.1) is 11.3 Å². The van der Waals surface area contributed by atoms with Gasteiger partial charge in [-0.1, -0.05) is 13.8 Å². The fourth-order valence-corrected chi connectivity index (χ4v) is 1.87. The van der Waals surface area contributed by atoms with E-state index in [0.717, 1.165) is 16.3 Å². The van der Waals surface area contributed by atoms with E-state index in [-0.39, 0.29) is 5.84 Å². The van der Waals surface area contributed by atoms with Crippen LogP contribution in [0.5, 0.6) is 0 Å². The summed E-state index contributed by atoms with van der Waals surface area (Å²) in [6, 6.07) is 0. The van der Waals surface area contributed by atoms with E-state index in [1.54, 1.807) is 6.20 Å². The fraction of sp³-hybridized carbons (Fsp3) is 0.500. The van der Waals surface area contributed by atoms with E-state index in [9.17, 15) is 0 Å². The minimum atomic E-state index is 0.113. The Morgan fingerprint density at radius 1 is 1.75 bits per heavy atom. The van der Waals surface area contributed by atoms with E-state index in [4.69, 9.17) is 11.1 Å². The van der Waals surface area contributed by atoms with E-state index >= 15 is 0 Å². The molecule has 3 N–H and O–H groups in total. The molecule has 12 heavy (non-hydrogen) atoms. The summed E-state index contributed by atoms with van der Waals surface area (Å²) in [6.45, 7) is 4.30. The maximum atomic E-state index is 7.18. The van der Waals surface area contributed by atoms with E-state index in [1.165, 1.54) is 11.3 Å². The molecule has 0 saturated carbocycles. The molecular formula is C8H13N3S. The van der Waals surface area contributed by atoms with Gasteiger partial charge in [0.25, 0.3) is 0 Å². The van der Waals surface area contributed by atoms with Crippen LogP contribution in [0.1, 0.15) is 23.7 Å². The lowest BCUT2D eigenvalue weighted by Gasteiger charge is -1.97. The summed E-state index contributed by atoms with van der Waals surface area (Å²) in [6.07, 6.45) is 2.64. The molecule has 0 radical (unpaired) electrons. The van der Waals surface area contributed by atoms with Gasteiger partial charge in [-0.3, -0.25) is 5.41 Å².